The van der Waals surface area contributed by atoms with E-state index >= 15 is 0 Å². The molecule has 1 N–H and O–H groups in total. The van der Waals surface area contributed by atoms with Crippen molar-refractivity contribution >= 4 is 33.5 Å². The molecule has 2 aromatic rings. The van der Waals surface area contributed by atoms with Crippen LogP contribution in [0.2, 0.25) is 0 Å². The van der Waals surface area contributed by atoms with Gasteiger partial charge in [-0.2, -0.15) is 0 Å². The van der Waals surface area contributed by atoms with E-state index in [0.717, 1.165) is 10.0 Å². The zero-order chi connectivity index (χ0) is 15.4. The van der Waals surface area contributed by atoms with Crippen LogP contribution in [0.15, 0.2) is 53.0 Å². The number of benzene rings is 2. The second kappa shape index (κ2) is 6.54. The maximum Gasteiger partial charge on any atom is 0.323 e. The molecule has 0 atom stereocenters. The van der Waals surface area contributed by atoms with E-state index in [0.29, 0.717) is 11.3 Å². The van der Waals surface area contributed by atoms with Crippen LogP contribution in [-0.4, -0.2) is 23.5 Å². The fourth-order valence-electron chi connectivity index (χ4n) is 1.91. The van der Waals surface area contributed by atoms with Crippen molar-refractivity contribution in [2.75, 3.05) is 11.4 Å². The molecule has 0 heterocycles. The Kier molecular flexibility index (Phi) is 4.75. The van der Waals surface area contributed by atoms with Crippen molar-refractivity contribution in [1.82, 2.24) is 0 Å². The molecular formula is C16H14BrNO3. The molecule has 0 aromatic heterocycles. The average molecular weight is 348 g/mol. The molecule has 0 aliphatic rings. The first kappa shape index (κ1) is 15.3. The van der Waals surface area contributed by atoms with Gasteiger partial charge in [-0.25, -0.2) is 0 Å². The minimum absolute atomic E-state index is 0.343. The molecule has 2 rings (SSSR count). The Labute approximate surface area is 131 Å². The van der Waals surface area contributed by atoms with Gasteiger partial charge in [-0.1, -0.05) is 40.2 Å². The highest BCUT2D eigenvalue weighted by Gasteiger charge is 2.20. The van der Waals surface area contributed by atoms with Crippen LogP contribution in [0.1, 0.15) is 15.9 Å². The highest BCUT2D eigenvalue weighted by molar-refractivity contribution is 9.10. The highest BCUT2D eigenvalue weighted by atomic mass is 79.9. The fourth-order valence-corrected chi connectivity index (χ4v) is 2.28. The number of carbonyl (C=O) groups is 2. The van der Waals surface area contributed by atoms with Gasteiger partial charge in [-0.05, 0) is 36.8 Å². The van der Waals surface area contributed by atoms with E-state index in [2.05, 4.69) is 15.9 Å². The van der Waals surface area contributed by atoms with Crippen LogP contribution in [0.5, 0.6) is 0 Å². The van der Waals surface area contributed by atoms with Gasteiger partial charge >= 0.3 is 5.97 Å². The number of aliphatic carboxylic acids is 1. The number of nitrogens with zero attached hydrogens (tertiary/aromatic N) is 1. The molecule has 0 radical (unpaired) electrons. The largest absolute Gasteiger partial charge is 0.480 e. The number of anilines is 1. The predicted molar refractivity (Wildman–Crippen MR) is 84.6 cm³/mol. The molecule has 0 fully saturated rings. The van der Waals surface area contributed by atoms with Gasteiger partial charge in [0.05, 0.1) is 0 Å². The van der Waals surface area contributed by atoms with Gasteiger partial charge in [-0.15, -0.1) is 0 Å². The maximum absolute atomic E-state index is 12.6. The molecule has 4 nitrogen and oxygen atoms in total. The molecule has 0 saturated heterocycles. The number of halogens is 1. The van der Waals surface area contributed by atoms with Crippen LogP contribution >= 0.6 is 15.9 Å². The topological polar surface area (TPSA) is 57.6 Å². The maximum atomic E-state index is 12.6. The second-order valence-corrected chi connectivity index (χ2v) is 5.44. The molecule has 0 saturated carbocycles. The molecule has 0 unspecified atom stereocenters. The lowest BCUT2D eigenvalue weighted by molar-refractivity contribution is -0.135. The number of carboxylic acids is 1. The summed E-state index contributed by atoms with van der Waals surface area (Å²) in [5.74, 6) is -1.40. The Hall–Kier alpha value is -2.14. The predicted octanol–water partition coefficient (Wildman–Crippen LogP) is 3.49. The first-order chi connectivity index (χ1) is 9.99. The van der Waals surface area contributed by atoms with E-state index in [1.165, 1.54) is 4.90 Å². The molecular weight excluding hydrogens is 334 g/mol. The summed E-state index contributed by atoms with van der Waals surface area (Å²) in [5, 5.41) is 9.04. The Bertz CT molecular complexity index is 670. The molecule has 2 aromatic carbocycles. The average Bonchev–Trinajstić information content (AvgIpc) is 2.47. The van der Waals surface area contributed by atoms with Crippen molar-refractivity contribution in [2.45, 2.75) is 6.92 Å². The zero-order valence-electron chi connectivity index (χ0n) is 11.4. The Morgan fingerprint density at radius 1 is 1.14 bits per heavy atom. The van der Waals surface area contributed by atoms with E-state index in [1.54, 1.807) is 36.4 Å². The first-order valence-electron chi connectivity index (χ1n) is 6.34. The molecule has 5 heteroatoms. The first-order valence-corrected chi connectivity index (χ1v) is 7.13. The number of carbonyl (C=O) groups excluding carboxylic acids is 1. The van der Waals surface area contributed by atoms with Gasteiger partial charge in [0, 0.05) is 15.7 Å². The molecule has 108 valence electrons. The van der Waals surface area contributed by atoms with E-state index in [9.17, 15) is 9.59 Å². The molecule has 0 aliphatic carbocycles. The monoisotopic (exact) mass is 347 g/mol. The minimum Gasteiger partial charge on any atom is -0.480 e. The van der Waals surface area contributed by atoms with E-state index in [1.807, 2.05) is 19.1 Å². The van der Waals surface area contributed by atoms with E-state index in [-0.39, 0.29) is 12.5 Å². The van der Waals surface area contributed by atoms with Crippen LogP contribution in [0.4, 0.5) is 5.69 Å². The van der Waals surface area contributed by atoms with Crippen LogP contribution in [0, 0.1) is 6.92 Å². The summed E-state index contributed by atoms with van der Waals surface area (Å²) in [5.41, 5.74) is 2.01. The highest BCUT2D eigenvalue weighted by Crippen LogP contribution is 2.21. The Balaban J connectivity index is 2.38. The van der Waals surface area contributed by atoms with Crippen LogP contribution in [0.25, 0.3) is 0 Å². The minimum atomic E-state index is -1.06. The van der Waals surface area contributed by atoms with Gasteiger partial charge in [0.25, 0.3) is 5.91 Å². The number of rotatable bonds is 4. The third-order valence-electron chi connectivity index (χ3n) is 3.03. The van der Waals surface area contributed by atoms with Crippen molar-refractivity contribution in [2.24, 2.45) is 0 Å². The Morgan fingerprint density at radius 3 is 2.38 bits per heavy atom. The van der Waals surface area contributed by atoms with Gasteiger partial charge in [-0.3, -0.25) is 14.5 Å². The van der Waals surface area contributed by atoms with Crippen molar-refractivity contribution < 1.29 is 14.7 Å². The summed E-state index contributed by atoms with van der Waals surface area (Å²) in [6.45, 7) is 1.54. The number of amides is 1. The smallest absolute Gasteiger partial charge is 0.323 e. The van der Waals surface area contributed by atoms with Crippen molar-refractivity contribution in [3.8, 4) is 0 Å². The molecule has 1 amide bonds. The summed E-state index contributed by atoms with van der Waals surface area (Å²) >= 11 is 3.38. The summed E-state index contributed by atoms with van der Waals surface area (Å²) in [6.07, 6.45) is 0. The lowest BCUT2D eigenvalue weighted by Crippen LogP contribution is -2.35. The fraction of sp³-hybridized carbons (Fsp3) is 0.125. The third-order valence-corrected chi connectivity index (χ3v) is 3.88. The summed E-state index contributed by atoms with van der Waals surface area (Å²) in [7, 11) is 0. The lowest BCUT2D eigenvalue weighted by atomic mass is 10.1. The quantitative estimate of drug-likeness (QED) is 0.920. The lowest BCUT2D eigenvalue weighted by Gasteiger charge is -2.21. The number of hydrogen-bond donors (Lipinski definition) is 1. The third kappa shape index (κ3) is 3.70. The van der Waals surface area contributed by atoms with Gasteiger partial charge in [0.1, 0.15) is 6.54 Å². The molecule has 0 spiro atoms. The number of para-hydroxylation sites is 1. The van der Waals surface area contributed by atoms with Crippen LogP contribution in [-0.2, 0) is 4.79 Å². The van der Waals surface area contributed by atoms with Gasteiger partial charge in [0.15, 0.2) is 0 Å². The van der Waals surface area contributed by atoms with Gasteiger partial charge in [0.2, 0.25) is 0 Å². The zero-order valence-corrected chi connectivity index (χ0v) is 13.0. The molecule has 0 bridgehead atoms. The molecule has 21 heavy (non-hydrogen) atoms. The van der Waals surface area contributed by atoms with Crippen molar-refractivity contribution in [1.29, 1.82) is 0 Å². The second-order valence-electron chi connectivity index (χ2n) is 4.58. The summed E-state index contributed by atoms with van der Waals surface area (Å²) < 4.78 is 0.816. The van der Waals surface area contributed by atoms with E-state index < -0.39 is 5.97 Å². The number of carboxylic acid groups (broad SMARTS) is 1. The number of hydrogen-bond acceptors (Lipinski definition) is 2. The van der Waals surface area contributed by atoms with Gasteiger partial charge < -0.3 is 5.11 Å². The van der Waals surface area contributed by atoms with Crippen molar-refractivity contribution in [3.63, 3.8) is 0 Å². The van der Waals surface area contributed by atoms with Crippen LogP contribution < -0.4 is 4.90 Å². The Morgan fingerprint density at radius 2 is 1.81 bits per heavy atom. The van der Waals surface area contributed by atoms with Crippen LogP contribution in [0.3, 0.4) is 0 Å². The SMILES string of the molecule is Cc1ccc(C(=O)N(CC(=O)O)c2ccccc2)cc1Br. The van der Waals surface area contributed by atoms with Crippen molar-refractivity contribution in [3.05, 3.63) is 64.1 Å². The summed E-state index contributed by atoms with van der Waals surface area (Å²) in [4.78, 5) is 24.9. The standard InChI is InChI=1S/C16H14BrNO3/c1-11-7-8-12(9-14(11)17)16(21)18(10-15(19)20)13-5-3-2-4-6-13/h2-9H,10H2,1H3,(H,19,20). The number of aryl methyl sites for hydroxylation is 1. The van der Waals surface area contributed by atoms with E-state index in [4.69, 9.17) is 5.11 Å². The normalized spacial score (nSPS) is 10.2. The molecule has 0 aliphatic heterocycles. The summed E-state index contributed by atoms with van der Waals surface area (Å²) in [6, 6.07) is 14.0.